The highest BCUT2D eigenvalue weighted by Gasteiger charge is 2.43. The van der Waals surface area contributed by atoms with Crippen molar-refractivity contribution < 1.29 is 33.8 Å². The van der Waals surface area contributed by atoms with Crippen LogP contribution in [0.1, 0.15) is 113 Å². The van der Waals surface area contributed by atoms with Gasteiger partial charge in [-0.3, -0.25) is 24.1 Å². The van der Waals surface area contributed by atoms with Crippen molar-refractivity contribution in [1.82, 2.24) is 25.3 Å². The summed E-state index contributed by atoms with van der Waals surface area (Å²) in [5.74, 6) is -1.57. The van der Waals surface area contributed by atoms with Crippen LogP contribution in [-0.4, -0.2) is 128 Å². The predicted molar refractivity (Wildman–Crippen MR) is 220 cm³/mol. The number of nitrogens with zero attached hydrogens (tertiary/aromatic N) is 3. The van der Waals surface area contributed by atoms with E-state index in [0.29, 0.717) is 18.5 Å². The first kappa shape index (κ1) is 50.0. The topological polar surface area (TPSA) is 141 Å². The number of rotatable bonds is 20. The van der Waals surface area contributed by atoms with Crippen LogP contribution in [0.25, 0.3) is 0 Å². The second-order valence-corrected chi connectivity index (χ2v) is 16.3. The van der Waals surface area contributed by atoms with Crippen LogP contribution in [0.15, 0.2) is 30.3 Å². The van der Waals surface area contributed by atoms with E-state index in [1.54, 1.807) is 44.9 Å². The predicted octanol–water partition coefficient (Wildman–Crippen LogP) is 5.29. The van der Waals surface area contributed by atoms with Crippen LogP contribution in [0.5, 0.6) is 0 Å². The molecule has 12 heteroatoms. The van der Waals surface area contributed by atoms with E-state index >= 15 is 0 Å². The number of likely N-dealkylation sites (tertiary alicyclic amines) is 1. The zero-order valence-corrected chi connectivity index (χ0v) is 36.8. The molecule has 10 atom stereocenters. The zero-order chi connectivity index (χ0) is 42.2. The standard InChI is InChI=1S/C40H69N5O7.C3H8/c1-14-26(6)35(44(11)40(50)33(24(2)3)42-39(49)34(25(4)5)43(9)10)31(51-12)23-32(46)45-22-18-21-30(45)37(52-13)27(7)38(48)41-28(8)36(47)29-19-16-15-17-20-29;1-3-2/h15-17,19-20,24-28,30-31,33-37,47H,14,18,21-23H2,1-13H3,(H,41,48)(H,42,49);3H2,1-2H3/t26?,27?,28?,30?,31?,33-,34?,35?,36?,37?;/m0./s1. The number of nitrogens with one attached hydrogen (secondary N) is 2. The molecule has 1 aromatic rings. The Morgan fingerprint density at radius 3 is 1.93 bits per heavy atom. The maximum absolute atomic E-state index is 14.2. The van der Waals surface area contributed by atoms with Gasteiger partial charge in [-0.2, -0.15) is 0 Å². The molecule has 1 aromatic carbocycles. The number of aliphatic hydroxyl groups is 1. The molecule has 12 nitrogen and oxygen atoms in total. The van der Waals surface area contributed by atoms with Crippen LogP contribution in [0, 0.1) is 23.7 Å². The fourth-order valence-electron chi connectivity index (χ4n) is 7.78. The van der Waals surface area contributed by atoms with E-state index in [-0.39, 0.29) is 53.8 Å². The second kappa shape index (κ2) is 24.5. The van der Waals surface area contributed by atoms with E-state index < -0.39 is 48.4 Å². The smallest absolute Gasteiger partial charge is 0.245 e. The Morgan fingerprint density at radius 1 is 0.873 bits per heavy atom. The Balaban J connectivity index is 0.00000487. The molecule has 55 heavy (non-hydrogen) atoms. The number of hydrogen-bond donors (Lipinski definition) is 3. The lowest BCUT2D eigenvalue weighted by atomic mass is 9.89. The molecule has 1 aliphatic heterocycles. The van der Waals surface area contributed by atoms with Gasteiger partial charge in [0.05, 0.1) is 54.8 Å². The van der Waals surface area contributed by atoms with Crippen LogP contribution < -0.4 is 10.6 Å². The van der Waals surface area contributed by atoms with Gasteiger partial charge in [-0.1, -0.05) is 105 Å². The molecule has 2 rings (SSSR count). The summed E-state index contributed by atoms with van der Waals surface area (Å²) in [7, 11) is 8.57. The Kier molecular flexibility index (Phi) is 22.3. The summed E-state index contributed by atoms with van der Waals surface area (Å²) in [6.45, 7) is 20.2. The van der Waals surface area contributed by atoms with Crippen molar-refractivity contribution in [2.24, 2.45) is 23.7 Å². The molecule has 1 saturated heterocycles. The summed E-state index contributed by atoms with van der Waals surface area (Å²) >= 11 is 0. The van der Waals surface area contributed by atoms with E-state index in [9.17, 15) is 24.3 Å². The molecule has 3 N–H and O–H groups in total. The summed E-state index contributed by atoms with van der Waals surface area (Å²) < 4.78 is 11.9. The highest BCUT2D eigenvalue weighted by atomic mass is 16.5. The molecule has 4 amide bonds. The van der Waals surface area contributed by atoms with Crippen LogP contribution in [-0.2, 0) is 28.7 Å². The molecule has 316 valence electrons. The fraction of sp³-hybridized carbons (Fsp3) is 0.767. The third-order valence-electron chi connectivity index (χ3n) is 10.9. The first-order valence-corrected chi connectivity index (χ1v) is 20.5. The summed E-state index contributed by atoms with van der Waals surface area (Å²) in [6.07, 6.45) is 1.40. The first-order valence-electron chi connectivity index (χ1n) is 20.5. The molecule has 1 aliphatic rings. The van der Waals surface area contributed by atoms with Crippen molar-refractivity contribution in [3.05, 3.63) is 35.9 Å². The van der Waals surface area contributed by atoms with Crippen molar-refractivity contribution in [2.75, 3.05) is 41.9 Å². The highest BCUT2D eigenvalue weighted by Crippen LogP contribution is 2.30. The molecule has 1 fully saturated rings. The van der Waals surface area contributed by atoms with Crippen LogP contribution in [0.4, 0.5) is 0 Å². The highest BCUT2D eigenvalue weighted by molar-refractivity contribution is 5.90. The van der Waals surface area contributed by atoms with Gasteiger partial charge in [-0.25, -0.2) is 0 Å². The first-order chi connectivity index (χ1) is 25.8. The monoisotopic (exact) mass is 776 g/mol. The van der Waals surface area contributed by atoms with Gasteiger partial charge in [0.25, 0.3) is 0 Å². The summed E-state index contributed by atoms with van der Waals surface area (Å²) in [5, 5.41) is 16.8. The van der Waals surface area contributed by atoms with Crippen molar-refractivity contribution in [1.29, 1.82) is 0 Å². The minimum Gasteiger partial charge on any atom is -0.386 e. The number of amides is 4. The van der Waals surface area contributed by atoms with Gasteiger partial charge in [0.15, 0.2) is 0 Å². The summed E-state index contributed by atoms with van der Waals surface area (Å²) in [6, 6.07) is 6.72. The fourth-order valence-corrected chi connectivity index (χ4v) is 7.78. The minimum atomic E-state index is -0.876. The van der Waals surface area contributed by atoms with Gasteiger partial charge in [0.2, 0.25) is 23.6 Å². The number of hydrogen-bond acceptors (Lipinski definition) is 8. The third kappa shape index (κ3) is 14.1. The van der Waals surface area contributed by atoms with Crippen LogP contribution >= 0.6 is 0 Å². The van der Waals surface area contributed by atoms with E-state index in [4.69, 9.17) is 9.47 Å². The molecule has 0 bridgehead atoms. The Bertz CT molecular complexity index is 1290. The second-order valence-electron chi connectivity index (χ2n) is 16.3. The largest absolute Gasteiger partial charge is 0.386 e. The van der Waals surface area contributed by atoms with Gasteiger partial charge in [0.1, 0.15) is 6.04 Å². The SMILES string of the molecule is CCC.CCC(C)C(C(CC(=O)N1CCCC1C(OC)C(C)C(=O)NC(C)C(O)c1ccccc1)OC)N(C)C(=O)[C@@H](NC(=O)C(C(C)C)N(C)C)C(C)C. The van der Waals surface area contributed by atoms with Crippen molar-refractivity contribution in [2.45, 2.75) is 150 Å². The lowest BCUT2D eigenvalue weighted by Crippen LogP contribution is -2.59. The van der Waals surface area contributed by atoms with E-state index in [0.717, 1.165) is 12.8 Å². The van der Waals surface area contributed by atoms with Crippen LogP contribution in [0.3, 0.4) is 0 Å². The molecule has 0 spiro atoms. The number of carbonyl (C=O) groups excluding carboxylic acids is 4. The van der Waals surface area contributed by atoms with Gasteiger partial charge < -0.3 is 35.0 Å². The quantitative estimate of drug-likeness (QED) is 0.163. The lowest BCUT2D eigenvalue weighted by molar-refractivity contribution is -0.148. The average molecular weight is 776 g/mol. The molecular weight excluding hydrogens is 699 g/mol. The minimum absolute atomic E-state index is 0.0153. The van der Waals surface area contributed by atoms with Crippen molar-refractivity contribution in [3.63, 3.8) is 0 Å². The number of methoxy groups -OCH3 is 2. The Morgan fingerprint density at radius 2 is 1.45 bits per heavy atom. The molecule has 0 aromatic heterocycles. The molecule has 0 radical (unpaired) electrons. The van der Waals surface area contributed by atoms with Gasteiger partial charge >= 0.3 is 0 Å². The molecule has 0 saturated carbocycles. The molecule has 9 unspecified atom stereocenters. The average Bonchev–Trinajstić information content (AvgIpc) is 3.62. The van der Waals surface area contributed by atoms with E-state index in [1.807, 2.05) is 90.9 Å². The van der Waals surface area contributed by atoms with Gasteiger partial charge in [0, 0.05) is 27.8 Å². The number of benzene rings is 1. The van der Waals surface area contributed by atoms with Crippen molar-refractivity contribution >= 4 is 23.6 Å². The molecule has 0 aliphatic carbocycles. The summed E-state index contributed by atoms with van der Waals surface area (Å²) in [5.41, 5.74) is 0.711. The molecular formula is C43H77N5O7. The number of likely N-dealkylation sites (N-methyl/N-ethyl adjacent to an activating group) is 2. The van der Waals surface area contributed by atoms with E-state index in [2.05, 4.69) is 24.5 Å². The van der Waals surface area contributed by atoms with Gasteiger partial charge in [-0.05, 0) is 57.2 Å². The maximum atomic E-state index is 14.2. The van der Waals surface area contributed by atoms with Crippen molar-refractivity contribution in [3.8, 4) is 0 Å². The van der Waals surface area contributed by atoms with Crippen LogP contribution in [0.2, 0.25) is 0 Å². The molecule has 1 heterocycles. The number of carbonyl (C=O) groups is 4. The normalized spacial score (nSPS) is 19.3. The third-order valence-corrected chi connectivity index (χ3v) is 10.9. The Hall–Kier alpha value is -3.06. The number of aliphatic hydroxyl groups excluding tert-OH is 1. The lowest BCUT2D eigenvalue weighted by Gasteiger charge is -2.41. The summed E-state index contributed by atoms with van der Waals surface area (Å²) in [4.78, 5) is 60.6. The number of ether oxygens (including phenoxy) is 2. The Labute approximate surface area is 333 Å². The zero-order valence-electron chi connectivity index (χ0n) is 36.8. The maximum Gasteiger partial charge on any atom is 0.245 e. The van der Waals surface area contributed by atoms with Gasteiger partial charge in [-0.15, -0.1) is 0 Å². The van der Waals surface area contributed by atoms with E-state index in [1.165, 1.54) is 6.42 Å².